The number of carbonyl (C=O) groups excluding carboxylic acids is 2. The number of carbonyl (C=O) groups is 2. The number of rotatable bonds is 7. The molecule has 1 aromatic carbocycles. The van der Waals surface area contributed by atoms with E-state index >= 15 is 0 Å². The third-order valence-corrected chi connectivity index (χ3v) is 6.43. The summed E-state index contributed by atoms with van der Waals surface area (Å²) in [5.41, 5.74) is 0.474. The lowest BCUT2D eigenvalue weighted by molar-refractivity contribution is -0.127. The van der Waals surface area contributed by atoms with E-state index in [1.165, 1.54) is 37.3 Å². The van der Waals surface area contributed by atoms with Crippen LogP contribution in [0.1, 0.15) is 35.9 Å². The molecule has 3 rings (SSSR count). The van der Waals surface area contributed by atoms with Crippen LogP contribution in [0.4, 0.5) is 0 Å². The molecule has 0 saturated carbocycles. The van der Waals surface area contributed by atoms with Gasteiger partial charge in [-0.2, -0.15) is 0 Å². The largest absolute Gasteiger partial charge is 0.465 e. The van der Waals surface area contributed by atoms with Crippen molar-refractivity contribution in [2.45, 2.75) is 24.7 Å². The minimum atomic E-state index is -3.63. The highest BCUT2D eigenvalue weighted by atomic mass is 32.2. The van der Waals surface area contributed by atoms with E-state index in [0.29, 0.717) is 31.0 Å². The number of ketones is 1. The molecule has 154 valence electrons. The topological polar surface area (TPSA) is 96.7 Å². The molecule has 1 amide bonds. The van der Waals surface area contributed by atoms with E-state index in [1.807, 2.05) is 0 Å². The molecular formula is C21H24N2O5S. The number of Topliss-reactive ketones (excluding diaryl/α,β-unsaturated/α-hetero) is 1. The Bertz CT molecular complexity index is 971. The van der Waals surface area contributed by atoms with Crippen LogP contribution in [-0.2, 0) is 14.8 Å². The maximum Gasteiger partial charge on any atom is 0.246 e. The van der Waals surface area contributed by atoms with E-state index in [0.717, 1.165) is 12.8 Å². The van der Waals surface area contributed by atoms with Crippen LogP contribution in [0.25, 0.3) is 6.08 Å². The average Bonchev–Trinajstić information content (AvgIpc) is 3.25. The van der Waals surface area contributed by atoms with Crippen LogP contribution in [0.3, 0.4) is 0 Å². The predicted molar refractivity (Wildman–Crippen MR) is 109 cm³/mol. The molecule has 0 spiro atoms. The highest BCUT2D eigenvalue weighted by molar-refractivity contribution is 7.89. The molecule has 1 aliphatic rings. The summed E-state index contributed by atoms with van der Waals surface area (Å²) < 4.78 is 32.7. The van der Waals surface area contributed by atoms with Gasteiger partial charge in [-0.1, -0.05) is 12.1 Å². The standard InChI is InChI=1S/C21H24N2O5S/c1-16(24)18-4-7-20(8-5-18)29(26,27)22-15-17-10-12-23(13-11-17)21(25)9-6-19-3-2-14-28-19/h2-9,14,17,22H,10-13,15H2,1H3/b9-6+. The lowest BCUT2D eigenvalue weighted by Crippen LogP contribution is -2.40. The number of likely N-dealkylation sites (tertiary alicyclic amines) is 1. The van der Waals surface area contributed by atoms with Crippen LogP contribution in [0, 0.1) is 5.92 Å². The lowest BCUT2D eigenvalue weighted by atomic mass is 9.97. The Kier molecular flexibility index (Phi) is 6.66. The Morgan fingerprint density at radius 3 is 2.45 bits per heavy atom. The lowest BCUT2D eigenvalue weighted by Gasteiger charge is -2.31. The molecule has 0 radical (unpaired) electrons. The molecule has 1 N–H and O–H groups in total. The molecule has 2 aromatic rings. The number of benzene rings is 1. The Balaban J connectivity index is 1.47. The van der Waals surface area contributed by atoms with Gasteiger partial charge in [0.05, 0.1) is 11.2 Å². The molecule has 2 heterocycles. The third-order valence-electron chi connectivity index (χ3n) is 4.99. The maximum atomic E-state index is 12.4. The fourth-order valence-corrected chi connectivity index (χ4v) is 4.30. The van der Waals surface area contributed by atoms with Crippen LogP contribution in [0.15, 0.2) is 58.1 Å². The number of hydrogen-bond donors (Lipinski definition) is 1. The van der Waals surface area contributed by atoms with E-state index in [9.17, 15) is 18.0 Å². The SMILES string of the molecule is CC(=O)c1ccc(S(=O)(=O)NCC2CCN(C(=O)/C=C/c3ccco3)CC2)cc1. The van der Waals surface area contributed by atoms with Gasteiger partial charge < -0.3 is 9.32 Å². The second-order valence-electron chi connectivity index (χ2n) is 7.05. The van der Waals surface area contributed by atoms with Gasteiger partial charge in [-0.25, -0.2) is 13.1 Å². The first-order valence-corrected chi connectivity index (χ1v) is 10.9. The predicted octanol–water partition coefficient (Wildman–Crippen LogP) is 2.71. The summed E-state index contributed by atoms with van der Waals surface area (Å²) in [4.78, 5) is 25.4. The average molecular weight is 416 g/mol. The van der Waals surface area contributed by atoms with Crippen molar-refractivity contribution in [1.82, 2.24) is 9.62 Å². The quantitative estimate of drug-likeness (QED) is 0.553. The first kappa shape index (κ1) is 21.0. The van der Waals surface area contributed by atoms with Crippen LogP contribution < -0.4 is 4.72 Å². The van der Waals surface area contributed by atoms with Gasteiger partial charge in [0.25, 0.3) is 0 Å². The molecule has 1 aliphatic heterocycles. The Hall–Kier alpha value is -2.71. The fourth-order valence-electron chi connectivity index (χ4n) is 3.18. The number of sulfonamides is 1. The van der Waals surface area contributed by atoms with E-state index in [4.69, 9.17) is 4.42 Å². The smallest absolute Gasteiger partial charge is 0.246 e. The number of furan rings is 1. The zero-order valence-corrected chi connectivity index (χ0v) is 17.0. The molecule has 1 saturated heterocycles. The Labute approximate surface area is 170 Å². The highest BCUT2D eigenvalue weighted by Crippen LogP contribution is 2.18. The first-order valence-electron chi connectivity index (χ1n) is 9.46. The number of nitrogens with zero attached hydrogens (tertiary/aromatic N) is 1. The number of piperidine rings is 1. The van der Waals surface area contributed by atoms with Gasteiger partial charge in [0.15, 0.2) is 5.78 Å². The monoisotopic (exact) mass is 416 g/mol. The molecule has 8 heteroatoms. The number of hydrogen-bond acceptors (Lipinski definition) is 5. The van der Waals surface area contributed by atoms with Crippen molar-refractivity contribution in [1.29, 1.82) is 0 Å². The van der Waals surface area contributed by atoms with Crippen LogP contribution in [0.5, 0.6) is 0 Å². The van der Waals surface area contributed by atoms with Crippen molar-refractivity contribution >= 4 is 27.8 Å². The van der Waals surface area contributed by atoms with E-state index in [2.05, 4.69) is 4.72 Å². The summed E-state index contributed by atoms with van der Waals surface area (Å²) in [6.07, 6.45) is 6.14. The van der Waals surface area contributed by atoms with Crippen molar-refractivity contribution in [2.24, 2.45) is 5.92 Å². The molecule has 0 unspecified atom stereocenters. The Morgan fingerprint density at radius 1 is 1.17 bits per heavy atom. The highest BCUT2D eigenvalue weighted by Gasteiger charge is 2.23. The summed E-state index contributed by atoms with van der Waals surface area (Å²) in [6, 6.07) is 9.43. The molecule has 7 nitrogen and oxygen atoms in total. The third kappa shape index (κ3) is 5.65. The first-order chi connectivity index (χ1) is 13.8. The zero-order valence-electron chi connectivity index (χ0n) is 16.2. The van der Waals surface area contributed by atoms with Gasteiger partial charge in [0, 0.05) is 31.3 Å². The molecule has 1 fully saturated rings. The Morgan fingerprint density at radius 2 is 1.86 bits per heavy atom. The van der Waals surface area contributed by atoms with Crippen molar-refractivity contribution in [3.8, 4) is 0 Å². The summed E-state index contributed by atoms with van der Waals surface area (Å²) in [7, 11) is -3.63. The number of nitrogens with one attached hydrogen (secondary N) is 1. The van der Waals surface area contributed by atoms with E-state index in [-0.39, 0.29) is 22.5 Å². The van der Waals surface area contributed by atoms with E-state index in [1.54, 1.807) is 29.4 Å². The van der Waals surface area contributed by atoms with Crippen LogP contribution in [0.2, 0.25) is 0 Å². The fraction of sp³-hybridized carbons (Fsp3) is 0.333. The molecule has 1 aromatic heterocycles. The van der Waals surface area contributed by atoms with Gasteiger partial charge in [-0.15, -0.1) is 0 Å². The maximum absolute atomic E-state index is 12.4. The van der Waals surface area contributed by atoms with Crippen molar-refractivity contribution < 1.29 is 22.4 Å². The van der Waals surface area contributed by atoms with Crippen molar-refractivity contribution in [2.75, 3.05) is 19.6 Å². The van der Waals surface area contributed by atoms with Crippen molar-refractivity contribution in [3.63, 3.8) is 0 Å². The molecule has 0 aliphatic carbocycles. The summed E-state index contributed by atoms with van der Waals surface area (Å²) in [6.45, 7) is 2.93. The van der Waals surface area contributed by atoms with Gasteiger partial charge in [0.2, 0.25) is 15.9 Å². The van der Waals surface area contributed by atoms with Gasteiger partial charge in [0.1, 0.15) is 5.76 Å². The molecule has 0 atom stereocenters. The minimum Gasteiger partial charge on any atom is -0.465 e. The molecule has 29 heavy (non-hydrogen) atoms. The second kappa shape index (κ2) is 9.19. The molecule has 0 bridgehead atoms. The summed E-state index contributed by atoms with van der Waals surface area (Å²) in [5.74, 6) is 0.603. The zero-order chi connectivity index (χ0) is 20.9. The molecular weight excluding hydrogens is 392 g/mol. The van der Waals surface area contributed by atoms with Crippen LogP contribution >= 0.6 is 0 Å². The van der Waals surface area contributed by atoms with Crippen LogP contribution in [-0.4, -0.2) is 44.6 Å². The second-order valence-corrected chi connectivity index (χ2v) is 8.82. The van der Waals surface area contributed by atoms with Crippen molar-refractivity contribution in [3.05, 3.63) is 60.1 Å². The summed E-state index contributed by atoms with van der Waals surface area (Å²) in [5, 5.41) is 0. The normalized spacial score (nSPS) is 15.7. The van der Waals surface area contributed by atoms with Gasteiger partial charge in [-0.3, -0.25) is 9.59 Å². The van der Waals surface area contributed by atoms with Gasteiger partial charge in [-0.05, 0) is 56.0 Å². The minimum absolute atomic E-state index is 0.0778. The van der Waals surface area contributed by atoms with Gasteiger partial charge >= 0.3 is 0 Å². The summed E-state index contributed by atoms with van der Waals surface area (Å²) >= 11 is 0. The van der Waals surface area contributed by atoms with E-state index < -0.39 is 10.0 Å². The number of amides is 1.